The molecule has 2 unspecified atom stereocenters. The molecular formula is C14H18ClN3. The summed E-state index contributed by atoms with van der Waals surface area (Å²) in [7, 11) is 1.95. The van der Waals surface area contributed by atoms with Crippen LogP contribution in [0.25, 0.3) is 0 Å². The maximum absolute atomic E-state index is 6.20. The number of aromatic nitrogens is 2. The topological polar surface area (TPSA) is 29.9 Å². The van der Waals surface area contributed by atoms with E-state index in [2.05, 4.69) is 30.3 Å². The van der Waals surface area contributed by atoms with Crippen LogP contribution >= 0.6 is 11.6 Å². The van der Waals surface area contributed by atoms with E-state index in [1.54, 1.807) is 0 Å². The third-order valence-corrected chi connectivity index (χ3v) is 3.52. The second-order valence-electron chi connectivity index (χ2n) is 4.51. The molecule has 2 aromatic rings. The lowest BCUT2D eigenvalue weighted by molar-refractivity contribution is 0.469. The Bertz CT molecular complexity index is 521. The summed E-state index contributed by atoms with van der Waals surface area (Å²) in [5.74, 6) is 0. The van der Waals surface area contributed by atoms with Crippen molar-refractivity contribution in [3.05, 3.63) is 52.8 Å². The Balaban J connectivity index is 2.11. The normalized spacial score (nSPS) is 14.4. The molecule has 0 aliphatic heterocycles. The molecule has 0 fully saturated rings. The van der Waals surface area contributed by atoms with Gasteiger partial charge in [-0.2, -0.15) is 5.10 Å². The highest BCUT2D eigenvalue weighted by Crippen LogP contribution is 2.24. The molecule has 3 nitrogen and oxygen atoms in total. The molecule has 18 heavy (non-hydrogen) atoms. The highest BCUT2D eigenvalue weighted by atomic mass is 35.5. The molecule has 4 heteroatoms. The molecule has 0 saturated carbocycles. The minimum atomic E-state index is 0.198. The molecule has 1 N–H and O–H groups in total. The number of benzene rings is 1. The van der Waals surface area contributed by atoms with E-state index in [1.807, 2.05) is 42.2 Å². The molecular weight excluding hydrogens is 246 g/mol. The summed E-state index contributed by atoms with van der Waals surface area (Å²) >= 11 is 6.20. The minimum absolute atomic E-state index is 0.198. The zero-order chi connectivity index (χ0) is 13.1. The highest BCUT2D eigenvalue weighted by molar-refractivity contribution is 6.31. The number of halogens is 1. The molecule has 0 amide bonds. The first-order valence-electron chi connectivity index (χ1n) is 6.08. The average Bonchev–Trinajstić information content (AvgIpc) is 2.76. The largest absolute Gasteiger partial charge is 0.302 e. The van der Waals surface area contributed by atoms with Gasteiger partial charge in [-0.1, -0.05) is 29.8 Å². The molecule has 0 radical (unpaired) electrons. The van der Waals surface area contributed by atoms with Crippen LogP contribution in [0.4, 0.5) is 0 Å². The fourth-order valence-electron chi connectivity index (χ4n) is 2.19. The SMILES string of the molecule is CC(NC(C)c1ccnn1C)c1ccccc1Cl. The number of hydrogen-bond acceptors (Lipinski definition) is 2. The first-order chi connectivity index (χ1) is 8.59. The van der Waals surface area contributed by atoms with E-state index in [9.17, 15) is 0 Å². The summed E-state index contributed by atoms with van der Waals surface area (Å²) < 4.78 is 1.89. The number of aryl methyl sites for hydroxylation is 1. The zero-order valence-electron chi connectivity index (χ0n) is 10.9. The standard InChI is InChI=1S/C14H18ClN3/c1-10(12-6-4-5-7-13(12)15)17-11(2)14-8-9-16-18(14)3/h4-11,17H,1-3H3. The summed E-state index contributed by atoms with van der Waals surface area (Å²) in [6.45, 7) is 4.25. The van der Waals surface area contributed by atoms with Gasteiger partial charge in [-0.25, -0.2) is 0 Å². The summed E-state index contributed by atoms with van der Waals surface area (Å²) in [5, 5.41) is 8.52. The van der Waals surface area contributed by atoms with E-state index >= 15 is 0 Å². The van der Waals surface area contributed by atoms with Crippen LogP contribution in [0.5, 0.6) is 0 Å². The maximum atomic E-state index is 6.20. The van der Waals surface area contributed by atoms with Crippen LogP contribution in [0, 0.1) is 0 Å². The van der Waals surface area contributed by atoms with Crippen LogP contribution in [0.3, 0.4) is 0 Å². The summed E-state index contributed by atoms with van der Waals surface area (Å²) in [5.41, 5.74) is 2.28. The van der Waals surface area contributed by atoms with Gasteiger partial charge in [0.1, 0.15) is 0 Å². The Labute approximate surface area is 113 Å². The molecule has 0 aliphatic carbocycles. The maximum Gasteiger partial charge on any atom is 0.0547 e. The van der Waals surface area contributed by atoms with Gasteiger partial charge in [0.05, 0.1) is 5.69 Å². The van der Waals surface area contributed by atoms with Crippen LogP contribution in [-0.2, 0) is 7.05 Å². The highest BCUT2D eigenvalue weighted by Gasteiger charge is 2.15. The third-order valence-electron chi connectivity index (χ3n) is 3.17. The second-order valence-corrected chi connectivity index (χ2v) is 4.92. The van der Waals surface area contributed by atoms with Crippen molar-refractivity contribution in [3.63, 3.8) is 0 Å². The molecule has 1 aromatic carbocycles. The lowest BCUT2D eigenvalue weighted by atomic mass is 10.1. The Hall–Kier alpha value is -1.32. The molecule has 2 atom stereocenters. The fourth-order valence-corrected chi connectivity index (χ4v) is 2.48. The molecule has 1 heterocycles. The summed E-state index contributed by atoms with van der Waals surface area (Å²) in [6, 6.07) is 10.4. The van der Waals surface area contributed by atoms with Crippen molar-refractivity contribution < 1.29 is 0 Å². The van der Waals surface area contributed by atoms with E-state index in [0.29, 0.717) is 0 Å². The first-order valence-corrected chi connectivity index (χ1v) is 6.45. The lowest BCUT2D eigenvalue weighted by Crippen LogP contribution is -2.24. The Morgan fingerprint density at radius 3 is 2.50 bits per heavy atom. The van der Waals surface area contributed by atoms with E-state index in [1.165, 1.54) is 0 Å². The molecule has 0 saturated heterocycles. The Kier molecular flexibility index (Phi) is 4.04. The van der Waals surface area contributed by atoms with Crippen LogP contribution in [-0.4, -0.2) is 9.78 Å². The minimum Gasteiger partial charge on any atom is -0.302 e. The summed E-state index contributed by atoms with van der Waals surface area (Å²) in [6.07, 6.45) is 1.81. The molecule has 0 spiro atoms. The number of rotatable bonds is 4. The van der Waals surface area contributed by atoms with Gasteiger partial charge in [0, 0.05) is 30.4 Å². The molecule has 1 aromatic heterocycles. The number of nitrogens with one attached hydrogen (secondary N) is 1. The van der Waals surface area contributed by atoms with Crippen LogP contribution in [0.1, 0.15) is 37.2 Å². The third kappa shape index (κ3) is 2.74. The van der Waals surface area contributed by atoms with Gasteiger partial charge in [0.15, 0.2) is 0 Å². The number of hydrogen-bond donors (Lipinski definition) is 1. The number of nitrogens with zero attached hydrogens (tertiary/aromatic N) is 2. The monoisotopic (exact) mass is 263 g/mol. The van der Waals surface area contributed by atoms with E-state index in [0.717, 1.165) is 16.3 Å². The van der Waals surface area contributed by atoms with Crippen LogP contribution in [0.2, 0.25) is 5.02 Å². The van der Waals surface area contributed by atoms with Gasteiger partial charge >= 0.3 is 0 Å². The molecule has 0 aliphatic rings. The first kappa shape index (κ1) is 13.1. The van der Waals surface area contributed by atoms with Gasteiger partial charge in [-0.15, -0.1) is 0 Å². The van der Waals surface area contributed by atoms with E-state index in [-0.39, 0.29) is 12.1 Å². The van der Waals surface area contributed by atoms with Gasteiger partial charge in [-0.3, -0.25) is 4.68 Å². The quantitative estimate of drug-likeness (QED) is 0.915. The van der Waals surface area contributed by atoms with Crippen molar-refractivity contribution in [2.24, 2.45) is 7.05 Å². The van der Waals surface area contributed by atoms with Crippen LogP contribution < -0.4 is 5.32 Å². The molecule has 0 bridgehead atoms. The van der Waals surface area contributed by atoms with Gasteiger partial charge in [0.2, 0.25) is 0 Å². The molecule has 2 rings (SSSR count). The zero-order valence-corrected chi connectivity index (χ0v) is 11.6. The van der Waals surface area contributed by atoms with E-state index < -0.39 is 0 Å². The predicted molar refractivity (Wildman–Crippen MR) is 74.6 cm³/mol. The molecule has 96 valence electrons. The Morgan fingerprint density at radius 2 is 1.89 bits per heavy atom. The predicted octanol–water partition coefficient (Wildman–Crippen LogP) is 3.49. The van der Waals surface area contributed by atoms with Gasteiger partial charge < -0.3 is 5.32 Å². The second kappa shape index (κ2) is 5.55. The van der Waals surface area contributed by atoms with Crippen molar-refractivity contribution in [2.45, 2.75) is 25.9 Å². The van der Waals surface area contributed by atoms with Gasteiger partial charge in [0.25, 0.3) is 0 Å². The van der Waals surface area contributed by atoms with Crippen molar-refractivity contribution in [1.82, 2.24) is 15.1 Å². The Morgan fingerprint density at radius 1 is 1.17 bits per heavy atom. The van der Waals surface area contributed by atoms with E-state index in [4.69, 9.17) is 11.6 Å². The van der Waals surface area contributed by atoms with Crippen molar-refractivity contribution in [1.29, 1.82) is 0 Å². The lowest BCUT2D eigenvalue weighted by Gasteiger charge is -2.21. The van der Waals surface area contributed by atoms with Gasteiger partial charge in [-0.05, 0) is 31.5 Å². The average molecular weight is 264 g/mol. The smallest absolute Gasteiger partial charge is 0.0547 e. The van der Waals surface area contributed by atoms with Crippen molar-refractivity contribution in [3.8, 4) is 0 Å². The van der Waals surface area contributed by atoms with Crippen molar-refractivity contribution >= 4 is 11.6 Å². The fraction of sp³-hybridized carbons (Fsp3) is 0.357. The van der Waals surface area contributed by atoms with Crippen LogP contribution in [0.15, 0.2) is 36.5 Å². The summed E-state index contributed by atoms with van der Waals surface area (Å²) in [4.78, 5) is 0. The van der Waals surface area contributed by atoms with Crippen molar-refractivity contribution in [2.75, 3.05) is 0 Å².